The summed E-state index contributed by atoms with van der Waals surface area (Å²) in [7, 11) is 0. The topological polar surface area (TPSA) is 55.6 Å². The summed E-state index contributed by atoms with van der Waals surface area (Å²) in [6.07, 6.45) is 3.39. The first-order chi connectivity index (χ1) is 11.4. The lowest BCUT2D eigenvalue weighted by Gasteiger charge is -2.17. The summed E-state index contributed by atoms with van der Waals surface area (Å²) < 4.78 is 14.7. The van der Waals surface area contributed by atoms with Crippen LogP contribution >= 0.6 is 23.2 Å². The zero-order valence-corrected chi connectivity index (χ0v) is 14.5. The monoisotopic (exact) mass is 365 g/mol. The van der Waals surface area contributed by atoms with Crippen LogP contribution in [0.25, 0.3) is 5.82 Å². The van der Waals surface area contributed by atoms with Crippen LogP contribution in [0.4, 0.5) is 10.2 Å². The molecule has 0 aliphatic carbocycles. The molecule has 0 aliphatic heterocycles. The molecule has 0 amide bonds. The van der Waals surface area contributed by atoms with E-state index in [1.165, 1.54) is 12.1 Å². The summed E-state index contributed by atoms with van der Waals surface area (Å²) in [4.78, 5) is 12.5. The van der Waals surface area contributed by atoms with E-state index >= 15 is 0 Å². The molecule has 5 nitrogen and oxygen atoms in total. The number of hydrogen-bond acceptors (Lipinski definition) is 4. The highest BCUT2D eigenvalue weighted by Crippen LogP contribution is 2.30. The van der Waals surface area contributed by atoms with Gasteiger partial charge in [-0.2, -0.15) is 9.97 Å². The van der Waals surface area contributed by atoms with Gasteiger partial charge < -0.3 is 5.32 Å². The predicted molar refractivity (Wildman–Crippen MR) is 92.3 cm³/mol. The van der Waals surface area contributed by atoms with Crippen LogP contribution < -0.4 is 5.32 Å². The maximum Gasteiger partial charge on any atom is 0.226 e. The van der Waals surface area contributed by atoms with Gasteiger partial charge in [0, 0.05) is 12.2 Å². The van der Waals surface area contributed by atoms with Crippen molar-refractivity contribution < 1.29 is 4.39 Å². The first-order valence-corrected chi connectivity index (χ1v) is 7.95. The lowest BCUT2D eigenvalue weighted by atomic mass is 10.1. The van der Waals surface area contributed by atoms with Gasteiger partial charge in [-0.15, -0.1) is 0 Å². The molecular weight excluding hydrogens is 352 g/mol. The number of aromatic nitrogens is 4. The number of anilines is 1. The molecule has 124 valence electrons. The maximum absolute atomic E-state index is 13.0. The molecule has 0 saturated carbocycles. The Bertz CT molecular complexity index is 863. The van der Waals surface area contributed by atoms with Crippen molar-refractivity contribution >= 4 is 29.0 Å². The van der Waals surface area contributed by atoms with Crippen molar-refractivity contribution in [3.05, 3.63) is 64.2 Å². The Labute approximate surface area is 148 Å². The van der Waals surface area contributed by atoms with Crippen molar-refractivity contribution in [2.45, 2.75) is 19.9 Å². The molecule has 0 fully saturated rings. The van der Waals surface area contributed by atoms with Crippen LogP contribution in [-0.2, 0) is 0 Å². The number of halogens is 3. The van der Waals surface area contributed by atoms with Crippen molar-refractivity contribution in [2.75, 3.05) is 5.32 Å². The highest BCUT2D eigenvalue weighted by molar-refractivity contribution is 6.35. The normalized spacial score (nSPS) is 12.2. The summed E-state index contributed by atoms with van der Waals surface area (Å²) in [6, 6.07) is 6.06. The number of nitrogens with zero attached hydrogens (tertiary/aromatic N) is 4. The van der Waals surface area contributed by atoms with Crippen LogP contribution in [0.5, 0.6) is 0 Å². The fourth-order valence-corrected chi connectivity index (χ4v) is 2.65. The van der Waals surface area contributed by atoms with Crippen molar-refractivity contribution in [3.63, 3.8) is 0 Å². The van der Waals surface area contributed by atoms with E-state index in [4.69, 9.17) is 23.2 Å². The summed E-state index contributed by atoms with van der Waals surface area (Å²) in [5.74, 6) is 0.549. The Morgan fingerprint density at radius 2 is 1.88 bits per heavy atom. The number of rotatable bonds is 4. The summed E-state index contributed by atoms with van der Waals surface area (Å²) in [6.45, 7) is 3.78. The van der Waals surface area contributed by atoms with E-state index in [1.807, 2.05) is 13.8 Å². The molecule has 8 heteroatoms. The number of aryl methyl sites for hydroxylation is 1. The Balaban J connectivity index is 1.93. The minimum Gasteiger partial charge on any atom is -0.362 e. The first-order valence-electron chi connectivity index (χ1n) is 7.20. The van der Waals surface area contributed by atoms with E-state index in [0.29, 0.717) is 16.7 Å². The van der Waals surface area contributed by atoms with Crippen LogP contribution in [0.1, 0.15) is 24.2 Å². The van der Waals surface area contributed by atoms with E-state index in [0.717, 1.165) is 11.3 Å². The van der Waals surface area contributed by atoms with Gasteiger partial charge in [0.1, 0.15) is 17.2 Å². The number of nitrogens with one attached hydrogen (secondary N) is 1. The molecule has 0 aliphatic rings. The highest BCUT2D eigenvalue weighted by atomic mass is 35.5. The smallest absolute Gasteiger partial charge is 0.226 e. The second kappa shape index (κ2) is 6.75. The lowest BCUT2D eigenvalue weighted by Crippen LogP contribution is -2.10. The van der Waals surface area contributed by atoms with Gasteiger partial charge in [0.05, 0.1) is 5.69 Å². The van der Waals surface area contributed by atoms with Gasteiger partial charge in [-0.1, -0.05) is 23.7 Å². The van der Waals surface area contributed by atoms with Crippen molar-refractivity contribution in [1.82, 2.24) is 19.5 Å². The van der Waals surface area contributed by atoms with Crippen LogP contribution in [0.2, 0.25) is 10.3 Å². The van der Waals surface area contributed by atoms with Gasteiger partial charge in [0.25, 0.3) is 0 Å². The van der Waals surface area contributed by atoms with Gasteiger partial charge in [-0.25, -0.2) is 9.37 Å². The van der Waals surface area contributed by atoms with Gasteiger partial charge in [-0.3, -0.25) is 4.57 Å². The third-order valence-corrected chi connectivity index (χ3v) is 4.00. The zero-order valence-electron chi connectivity index (χ0n) is 13.0. The Morgan fingerprint density at radius 3 is 2.50 bits per heavy atom. The minimum absolute atomic E-state index is 0.0644. The van der Waals surface area contributed by atoms with Crippen LogP contribution in [0.15, 0.2) is 36.8 Å². The SMILES string of the molecule is Cc1cn(-c2nc(Cl)nc(NC(C)c3ccc(F)cc3)c2Cl)cn1. The fraction of sp³-hybridized carbons (Fsp3) is 0.188. The molecule has 3 aromatic rings. The van der Waals surface area contributed by atoms with E-state index in [-0.39, 0.29) is 17.1 Å². The molecule has 3 rings (SSSR count). The fourth-order valence-electron chi connectivity index (χ4n) is 2.25. The molecule has 0 radical (unpaired) electrons. The van der Waals surface area contributed by atoms with Crippen molar-refractivity contribution in [3.8, 4) is 5.82 Å². The summed E-state index contributed by atoms with van der Waals surface area (Å²) >= 11 is 12.5. The maximum atomic E-state index is 13.0. The average Bonchev–Trinajstić information content (AvgIpc) is 2.97. The molecule has 1 unspecified atom stereocenters. The van der Waals surface area contributed by atoms with Gasteiger partial charge in [0.2, 0.25) is 5.28 Å². The second-order valence-electron chi connectivity index (χ2n) is 5.32. The number of hydrogen-bond donors (Lipinski definition) is 1. The third-order valence-electron chi connectivity index (χ3n) is 3.49. The summed E-state index contributed by atoms with van der Waals surface area (Å²) in [5.41, 5.74) is 1.72. The highest BCUT2D eigenvalue weighted by Gasteiger charge is 2.16. The summed E-state index contributed by atoms with van der Waals surface area (Å²) in [5, 5.41) is 3.57. The van der Waals surface area contributed by atoms with Crippen LogP contribution in [-0.4, -0.2) is 19.5 Å². The minimum atomic E-state index is -0.285. The molecule has 2 aromatic heterocycles. The van der Waals surface area contributed by atoms with E-state index in [9.17, 15) is 4.39 Å². The van der Waals surface area contributed by atoms with Crippen molar-refractivity contribution in [1.29, 1.82) is 0 Å². The Kier molecular flexibility index (Phi) is 4.69. The van der Waals surface area contributed by atoms with E-state index in [2.05, 4.69) is 20.3 Å². The second-order valence-corrected chi connectivity index (χ2v) is 6.03. The molecule has 0 saturated heterocycles. The molecule has 1 atom stereocenters. The van der Waals surface area contributed by atoms with Crippen LogP contribution in [0.3, 0.4) is 0 Å². The van der Waals surface area contributed by atoms with Gasteiger partial charge in [-0.05, 0) is 43.1 Å². The molecule has 1 aromatic carbocycles. The quantitative estimate of drug-likeness (QED) is 0.687. The van der Waals surface area contributed by atoms with Gasteiger partial charge in [0.15, 0.2) is 11.6 Å². The molecule has 0 spiro atoms. The van der Waals surface area contributed by atoms with Crippen LogP contribution in [0, 0.1) is 12.7 Å². The van der Waals surface area contributed by atoms with E-state index < -0.39 is 0 Å². The van der Waals surface area contributed by atoms with Crippen molar-refractivity contribution in [2.24, 2.45) is 0 Å². The number of benzene rings is 1. The largest absolute Gasteiger partial charge is 0.362 e. The Morgan fingerprint density at radius 1 is 1.17 bits per heavy atom. The molecule has 24 heavy (non-hydrogen) atoms. The van der Waals surface area contributed by atoms with Gasteiger partial charge >= 0.3 is 0 Å². The number of imidazole rings is 1. The standard InChI is InChI=1S/C16H14Cl2FN5/c1-9-7-24(8-20-9)15-13(17)14(22-16(18)23-15)21-10(2)11-3-5-12(19)6-4-11/h3-8,10H,1-2H3,(H,21,22,23). The molecular formula is C16H14Cl2FN5. The third kappa shape index (κ3) is 3.49. The zero-order chi connectivity index (χ0) is 17.3. The predicted octanol–water partition coefficient (Wildman–Crippen LogP) is 4.59. The molecule has 2 heterocycles. The van der Waals surface area contributed by atoms with E-state index in [1.54, 1.807) is 29.2 Å². The first kappa shape index (κ1) is 16.7. The lowest BCUT2D eigenvalue weighted by molar-refractivity contribution is 0.626. The average molecular weight is 366 g/mol. The molecule has 1 N–H and O–H groups in total. The molecule has 0 bridgehead atoms. The Hall–Kier alpha value is -2.18.